The Bertz CT molecular complexity index is 490. The van der Waals surface area contributed by atoms with Gasteiger partial charge in [0.2, 0.25) is 5.91 Å². The summed E-state index contributed by atoms with van der Waals surface area (Å²) in [6.07, 6.45) is -0.00181. The molecule has 0 bridgehead atoms. The molecule has 4 nitrogen and oxygen atoms in total. The fourth-order valence-corrected chi connectivity index (χ4v) is 2.18. The lowest BCUT2D eigenvalue weighted by molar-refractivity contribution is -0.141. The first-order valence-corrected chi connectivity index (χ1v) is 5.73. The van der Waals surface area contributed by atoms with Crippen LogP contribution in [0.1, 0.15) is 6.42 Å². The number of rotatable bonds is 2. The van der Waals surface area contributed by atoms with Gasteiger partial charge in [0, 0.05) is 18.0 Å². The van der Waals surface area contributed by atoms with Crippen molar-refractivity contribution in [1.82, 2.24) is 0 Å². The molecule has 1 unspecified atom stereocenters. The molecular weight excluding hydrogens is 265 g/mol. The molecule has 1 N–H and O–H groups in total. The van der Waals surface area contributed by atoms with Crippen LogP contribution >= 0.6 is 23.2 Å². The molecule has 1 amide bonds. The number of hydrogen-bond donors (Lipinski definition) is 1. The number of halogens is 2. The highest BCUT2D eigenvalue weighted by Crippen LogP contribution is 2.33. The van der Waals surface area contributed by atoms with Crippen LogP contribution in [0.2, 0.25) is 10.0 Å². The van der Waals surface area contributed by atoms with Gasteiger partial charge in [0.05, 0.1) is 16.6 Å². The Morgan fingerprint density at radius 3 is 2.71 bits per heavy atom. The van der Waals surface area contributed by atoms with E-state index in [1.54, 1.807) is 18.2 Å². The Labute approximate surface area is 108 Å². The molecule has 1 atom stereocenters. The van der Waals surface area contributed by atoms with E-state index in [0.717, 1.165) is 0 Å². The van der Waals surface area contributed by atoms with Crippen molar-refractivity contribution in [2.45, 2.75) is 6.42 Å². The molecule has 0 aromatic heterocycles. The smallest absolute Gasteiger partial charge is 0.308 e. The topological polar surface area (TPSA) is 57.6 Å². The van der Waals surface area contributed by atoms with E-state index in [-0.39, 0.29) is 18.9 Å². The van der Waals surface area contributed by atoms with Crippen LogP contribution in [0, 0.1) is 5.92 Å². The molecule has 6 heteroatoms. The fourth-order valence-electron chi connectivity index (χ4n) is 1.80. The summed E-state index contributed by atoms with van der Waals surface area (Å²) in [6, 6.07) is 4.76. The van der Waals surface area contributed by atoms with E-state index < -0.39 is 11.9 Å². The summed E-state index contributed by atoms with van der Waals surface area (Å²) in [5.74, 6) is -1.90. The Morgan fingerprint density at radius 1 is 1.41 bits per heavy atom. The average Bonchev–Trinajstić information content (AvgIpc) is 2.64. The Morgan fingerprint density at radius 2 is 2.12 bits per heavy atom. The first-order chi connectivity index (χ1) is 7.99. The number of nitrogens with zero attached hydrogens (tertiary/aromatic N) is 1. The first-order valence-electron chi connectivity index (χ1n) is 4.97. The Kier molecular flexibility index (Phi) is 3.26. The predicted molar refractivity (Wildman–Crippen MR) is 64.6 cm³/mol. The fraction of sp³-hybridized carbons (Fsp3) is 0.273. The zero-order valence-electron chi connectivity index (χ0n) is 8.69. The molecule has 17 heavy (non-hydrogen) atoms. The van der Waals surface area contributed by atoms with Crippen molar-refractivity contribution in [3.63, 3.8) is 0 Å². The van der Waals surface area contributed by atoms with Crippen LogP contribution in [0.4, 0.5) is 5.69 Å². The van der Waals surface area contributed by atoms with Crippen molar-refractivity contribution >= 4 is 40.8 Å². The lowest BCUT2D eigenvalue weighted by atomic mass is 10.1. The standard InChI is InChI=1S/C11H9Cl2NO3/c12-7-1-2-8(13)9(4-7)14-5-6(11(16)17)3-10(14)15/h1-2,4,6H,3,5H2,(H,16,17). The van der Waals surface area contributed by atoms with Gasteiger partial charge in [0.25, 0.3) is 0 Å². The molecule has 90 valence electrons. The SMILES string of the molecule is O=C(O)C1CC(=O)N(c2cc(Cl)ccc2Cl)C1. The normalized spacial score (nSPS) is 19.8. The second-order valence-corrected chi connectivity index (χ2v) is 4.68. The number of amides is 1. The summed E-state index contributed by atoms with van der Waals surface area (Å²) in [6.45, 7) is 0.133. The molecule has 1 saturated heterocycles. The van der Waals surface area contributed by atoms with E-state index >= 15 is 0 Å². The minimum absolute atomic E-state index is 0.00181. The number of carboxylic acid groups (broad SMARTS) is 1. The quantitative estimate of drug-likeness (QED) is 0.901. The number of carboxylic acids is 1. The van der Waals surface area contributed by atoms with Gasteiger partial charge in [-0.1, -0.05) is 23.2 Å². The molecule has 1 aliphatic rings. The average molecular weight is 274 g/mol. The van der Waals surface area contributed by atoms with E-state index in [1.165, 1.54) is 4.90 Å². The molecule has 0 radical (unpaired) electrons. The van der Waals surface area contributed by atoms with E-state index in [0.29, 0.717) is 15.7 Å². The third-order valence-corrected chi connectivity index (χ3v) is 3.23. The molecule has 1 fully saturated rings. The van der Waals surface area contributed by atoms with Crippen LogP contribution in [-0.2, 0) is 9.59 Å². The summed E-state index contributed by atoms with van der Waals surface area (Å²) >= 11 is 11.8. The Balaban J connectivity index is 2.32. The van der Waals surface area contributed by atoms with Crippen LogP contribution in [0.5, 0.6) is 0 Å². The van der Waals surface area contributed by atoms with Crippen molar-refractivity contribution < 1.29 is 14.7 Å². The highest BCUT2D eigenvalue weighted by molar-refractivity contribution is 6.35. The number of carbonyl (C=O) groups is 2. The van der Waals surface area contributed by atoms with Crippen molar-refractivity contribution in [3.05, 3.63) is 28.2 Å². The zero-order chi connectivity index (χ0) is 12.6. The molecule has 1 aromatic carbocycles. The summed E-state index contributed by atoms with van der Waals surface area (Å²) in [5, 5.41) is 9.72. The highest BCUT2D eigenvalue weighted by Gasteiger charge is 2.35. The molecule has 1 heterocycles. The van der Waals surface area contributed by atoms with Gasteiger partial charge in [0.15, 0.2) is 0 Å². The lowest BCUT2D eigenvalue weighted by Crippen LogP contribution is -2.26. The van der Waals surface area contributed by atoms with Gasteiger partial charge >= 0.3 is 5.97 Å². The minimum Gasteiger partial charge on any atom is -0.481 e. The van der Waals surface area contributed by atoms with E-state index in [9.17, 15) is 9.59 Å². The van der Waals surface area contributed by atoms with Crippen LogP contribution in [0.3, 0.4) is 0 Å². The summed E-state index contributed by atoms with van der Waals surface area (Å²) in [5.41, 5.74) is 0.466. The van der Waals surface area contributed by atoms with E-state index in [1.807, 2.05) is 0 Å². The molecule has 0 spiro atoms. The third-order valence-electron chi connectivity index (χ3n) is 2.67. The van der Waals surface area contributed by atoms with Crippen molar-refractivity contribution in [2.24, 2.45) is 5.92 Å². The van der Waals surface area contributed by atoms with Gasteiger partial charge in [-0.3, -0.25) is 9.59 Å². The maximum Gasteiger partial charge on any atom is 0.308 e. The first kappa shape index (κ1) is 12.2. The predicted octanol–water partition coefficient (Wildman–Crippen LogP) is 2.43. The largest absolute Gasteiger partial charge is 0.481 e. The molecular formula is C11H9Cl2NO3. The molecule has 2 rings (SSSR count). The zero-order valence-corrected chi connectivity index (χ0v) is 10.2. The third kappa shape index (κ3) is 2.37. The van der Waals surface area contributed by atoms with Crippen molar-refractivity contribution in [2.75, 3.05) is 11.4 Å². The number of aliphatic carboxylic acids is 1. The van der Waals surface area contributed by atoms with Gasteiger partial charge in [-0.05, 0) is 18.2 Å². The number of carbonyl (C=O) groups excluding carboxylic acids is 1. The molecule has 0 saturated carbocycles. The molecule has 1 aliphatic heterocycles. The van der Waals surface area contributed by atoms with Crippen LogP contribution in [0.25, 0.3) is 0 Å². The van der Waals surface area contributed by atoms with E-state index in [2.05, 4.69) is 0 Å². The summed E-state index contributed by atoms with van der Waals surface area (Å²) in [4.78, 5) is 23.9. The monoisotopic (exact) mass is 273 g/mol. The maximum absolute atomic E-state index is 11.7. The number of benzene rings is 1. The van der Waals surface area contributed by atoms with Gasteiger partial charge in [-0.15, -0.1) is 0 Å². The highest BCUT2D eigenvalue weighted by atomic mass is 35.5. The molecule has 1 aromatic rings. The number of hydrogen-bond acceptors (Lipinski definition) is 2. The second kappa shape index (κ2) is 4.55. The van der Waals surface area contributed by atoms with Gasteiger partial charge < -0.3 is 10.0 Å². The van der Waals surface area contributed by atoms with E-state index in [4.69, 9.17) is 28.3 Å². The van der Waals surface area contributed by atoms with Crippen LogP contribution in [-0.4, -0.2) is 23.5 Å². The lowest BCUT2D eigenvalue weighted by Gasteiger charge is -2.17. The molecule has 0 aliphatic carbocycles. The van der Waals surface area contributed by atoms with Crippen molar-refractivity contribution in [1.29, 1.82) is 0 Å². The van der Waals surface area contributed by atoms with Crippen molar-refractivity contribution in [3.8, 4) is 0 Å². The van der Waals surface area contributed by atoms with Crippen LogP contribution in [0.15, 0.2) is 18.2 Å². The maximum atomic E-state index is 11.7. The minimum atomic E-state index is -0.973. The van der Waals surface area contributed by atoms with Gasteiger partial charge in [0.1, 0.15) is 0 Å². The van der Waals surface area contributed by atoms with Gasteiger partial charge in [-0.2, -0.15) is 0 Å². The summed E-state index contributed by atoms with van der Waals surface area (Å²) < 4.78 is 0. The van der Waals surface area contributed by atoms with Crippen LogP contribution < -0.4 is 4.90 Å². The summed E-state index contributed by atoms with van der Waals surface area (Å²) in [7, 11) is 0. The second-order valence-electron chi connectivity index (χ2n) is 3.84. The number of anilines is 1. The Hall–Kier alpha value is -1.26. The van der Waals surface area contributed by atoms with Gasteiger partial charge in [-0.25, -0.2) is 0 Å².